The Morgan fingerprint density at radius 2 is 2.20 bits per heavy atom. The summed E-state index contributed by atoms with van der Waals surface area (Å²) in [5.41, 5.74) is -0.297. The lowest BCUT2D eigenvalue weighted by Crippen LogP contribution is -2.36. The molecular weight excluding hydrogens is 263 g/mol. The van der Waals surface area contributed by atoms with Gasteiger partial charge in [-0.1, -0.05) is 12.8 Å². The molecule has 0 atom stereocenters. The van der Waals surface area contributed by atoms with Gasteiger partial charge in [-0.2, -0.15) is 0 Å². The Morgan fingerprint density at radius 3 is 2.75 bits per heavy atom. The number of benzene rings is 1. The Bertz CT molecular complexity index is 552. The van der Waals surface area contributed by atoms with Crippen LogP contribution in [0.4, 0.5) is 14.9 Å². The van der Waals surface area contributed by atoms with Crippen LogP contribution in [-0.2, 0) is 0 Å². The van der Waals surface area contributed by atoms with Crippen molar-refractivity contribution in [3.8, 4) is 12.3 Å². The summed E-state index contributed by atoms with van der Waals surface area (Å²) >= 11 is 0. The van der Waals surface area contributed by atoms with Gasteiger partial charge in [-0.15, -0.1) is 6.42 Å². The summed E-state index contributed by atoms with van der Waals surface area (Å²) in [7, 11) is 0. The van der Waals surface area contributed by atoms with Crippen molar-refractivity contribution in [1.29, 1.82) is 0 Å². The predicted molar refractivity (Wildman–Crippen MR) is 73.1 cm³/mol. The molecule has 0 aliphatic rings. The standard InChI is InChI=1S/C14H15FN2O3/c1-3-7-17(8-4-2)14(20)16-12-9-10(13(18)19)5-6-11(12)15/h1,5-6,9H,4,7-8H2,2H3,(H,16,20)(H,18,19). The number of hydrogen-bond acceptors (Lipinski definition) is 2. The minimum absolute atomic E-state index is 0.0971. The van der Waals surface area contributed by atoms with Crippen molar-refractivity contribution >= 4 is 17.7 Å². The highest BCUT2D eigenvalue weighted by Gasteiger charge is 2.15. The highest BCUT2D eigenvalue weighted by molar-refractivity contribution is 5.93. The van der Waals surface area contributed by atoms with E-state index in [2.05, 4.69) is 11.2 Å². The molecule has 1 rings (SSSR count). The first-order valence-corrected chi connectivity index (χ1v) is 6.01. The summed E-state index contributed by atoms with van der Waals surface area (Å²) in [5, 5.41) is 11.2. The summed E-state index contributed by atoms with van der Waals surface area (Å²) < 4.78 is 13.6. The quantitative estimate of drug-likeness (QED) is 0.812. The molecule has 106 valence electrons. The fourth-order valence-electron chi connectivity index (χ4n) is 1.58. The molecule has 0 bridgehead atoms. The second-order valence-electron chi connectivity index (χ2n) is 4.06. The number of carbonyl (C=O) groups excluding carboxylic acids is 1. The van der Waals surface area contributed by atoms with E-state index in [-0.39, 0.29) is 17.8 Å². The molecular formula is C14H15FN2O3. The van der Waals surface area contributed by atoms with Crippen molar-refractivity contribution < 1.29 is 19.1 Å². The summed E-state index contributed by atoms with van der Waals surface area (Å²) in [6.07, 6.45) is 5.86. The van der Waals surface area contributed by atoms with Crippen LogP contribution in [0.2, 0.25) is 0 Å². The Morgan fingerprint density at radius 1 is 1.50 bits per heavy atom. The van der Waals surface area contributed by atoms with Gasteiger partial charge in [0.1, 0.15) is 5.82 Å². The van der Waals surface area contributed by atoms with E-state index in [1.54, 1.807) is 0 Å². The number of anilines is 1. The summed E-state index contributed by atoms with van der Waals surface area (Å²) in [4.78, 5) is 24.1. The lowest BCUT2D eigenvalue weighted by atomic mass is 10.2. The number of nitrogens with one attached hydrogen (secondary N) is 1. The Kier molecular flexibility index (Phi) is 5.54. The van der Waals surface area contributed by atoms with Crippen LogP contribution < -0.4 is 5.32 Å². The van der Waals surface area contributed by atoms with Crippen molar-refractivity contribution in [3.05, 3.63) is 29.6 Å². The van der Waals surface area contributed by atoms with Gasteiger partial charge in [0.15, 0.2) is 0 Å². The molecule has 0 fully saturated rings. The molecule has 0 saturated carbocycles. The number of carbonyl (C=O) groups is 2. The zero-order chi connectivity index (χ0) is 15.1. The molecule has 2 amide bonds. The van der Waals surface area contributed by atoms with Gasteiger partial charge in [0.25, 0.3) is 0 Å². The molecule has 1 aromatic rings. The third-order valence-corrected chi connectivity index (χ3v) is 2.52. The average Bonchev–Trinajstić information content (AvgIpc) is 2.40. The van der Waals surface area contributed by atoms with Crippen LogP contribution in [0.15, 0.2) is 18.2 Å². The number of aromatic carboxylic acids is 1. The smallest absolute Gasteiger partial charge is 0.335 e. The first-order chi connectivity index (χ1) is 9.49. The Balaban J connectivity index is 2.91. The fraction of sp³-hybridized carbons (Fsp3) is 0.286. The highest BCUT2D eigenvalue weighted by Crippen LogP contribution is 2.17. The largest absolute Gasteiger partial charge is 0.478 e. The van der Waals surface area contributed by atoms with E-state index in [4.69, 9.17) is 11.5 Å². The zero-order valence-electron chi connectivity index (χ0n) is 11.0. The van der Waals surface area contributed by atoms with E-state index in [1.165, 1.54) is 4.90 Å². The molecule has 0 radical (unpaired) electrons. The van der Waals surface area contributed by atoms with Crippen LogP contribution in [0.1, 0.15) is 23.7 Å². The number of rotatable bonds is 5. The number of carboxylic acid groups (broad SMARTS) is 1. The maximum atomic E-state index is 13.6. The lowest BCUT2D eigenvalue weighted by molar-refractivity contribution is 0.0697. The van der Waals surface area contributed by atoms with Crippen molar-refractivity contribution in [3.63, 3.8) is 0 Å². The molecule has 0 saturated heterocycles. The minimum atomic E-state index is -1.20. The van der Waals surface area contributed by atoms with Crippen molar-refractivity contribution in [2.75, 3.05) is 18.4 Å². The Hall–Kier alpha value is -2.55. The SMILES string of the molecule is C#CCN(CCC)C(=O)Nc1cc(C(=O)O)ccc1F. The summed E-state index contributed by atoms with van der Waals surface area (Å²) in [6.45, 7) is 2.40. The number of urea groups is 1. The first kappa shape index (κ1) is 15.5. The topological polar surface area (TPSA) is 69.6 Å². The van der Waals surface area contributed by atoms with Crippen LogP contribution in [0, 0.1) is 18.2 Å². The normalized spacial score (nSPS) is 9.65. The molecule has 0 aliphatic carbocycles. The minimum Gasteiger partial charge on any atom is -0.478 e. The molecule has 1 aromatic carbocycles. The van der Waals surface area contributed by atoms with Crippen LogP contribution in [0.3, 0.4) is 0 Å². The van der Waals surface area contributed by atoms with E-state index < -0.39 is 17.8 Å². The van der Waals surface area contributed by atoms with Crippen molar-refractivity contribution in [1.82, 2.24) is 4.90 Å². The number of carboxylic acids is 1. The van der Waals surface area contributed by atoms with Gasteiger partial charge in [-0.25, -0.2) is 14.0 Å². The third-order valence-electron chi connectivity index (χ3n) is 2.52. The second kappa shape index (κ2) is 7.14. The average molecular weight is 278 g/mol. The van der Waals surface area contributed by atoms with Gasteiger partial charge >= 0.3 is 12.0 Å². The fourth-order valence-corrected chi connectivity index (χ4v) is 1.58. The summed E-state index contributed by atoms with van der Waals surface area (Å²) in [5.74, 6) is 0.433. The molecule has 0 aromatic heterocycles. The molecule has 0 unspecified atom stereocenters. The van der Waals surface area contributed by atoms with E-state index in [9.17, 15) is 14.0 Å². The maximum absolute atomic E-state index is 13.6. The van der Waals surface area contributed by atoms with Gasteiger partial charge in [-0.05, 0) is 24.6 Å². The molecule has 0 aliphatic heterocycles. The molecule has 0 heterocycles. The third kappa shape index (κ3) is 3.99. The lowest BCUT2D eigenvalue weighted by Gasteiger charge is -2.20. The first-order valence-electron chi connectivity index (χ1n) is 6.01. The Labute approximate surface area is 116 Å². The number of nitrogens with zero attached hydrogens (tertiary/aromatic N) is 1. The zero-order valence-corrected chi connectivity index (χ0v) is 11.0. The number of hydrogen-bond donors (Lipinski definition) is 2. The monoisotopic (exact) mass is 278 g/mol. The highest BCUT2D eigenvalue weighted by atomic mass is 19.1. The van der Waals surface area contributed by atoms with Crippen LogP contribution in [0.5, 0.6) is 0 Å². The van der Waals surface area contributed by atoms with Crippen LogP contribution in [-0.4, -0.2) is 35.1 Å². The maximum Gasteiger partial charge on any atom is 0.335 e. The van der Waals surface area contributed by atoms with Gasteiger partial charge in [-0.3, -0.25) is 0 Å². The second-order valence-corrected chi connectivity index (χ2v) is 4.06. The summed E-state index contributed by atoms with van der Waals surface area (Å²) in [6, 6.07) is 2.62. The van der Waals surface area contributed by atoms with E-state index >= 15 is 0 Å². The van der Waals surface area contributed by atoms with Crippen LogP contribution in [0.25, 0.3) is 0 Å². The van der Waals surface area contributed by atoms with Gasteiger partial charge in [0.05, 0.1) is 17.8 Å². The number of terminal acetylenes is 1. The van der Waals surface area contributed by atoms with E-state index in [1.807, 2.05) is 6.92 Å². The van der Waals surface area contributed by atoms with Crippen molar-refractivity contribution in [2.24, 2.45) is 0 Å². The van der Waals surface area contributed by atoms with Crippen molar-refractivity contribution in [2.45, 2.75) is 13.3 Å². The van der Waals surface area contributed by atoms with Gasteiger partial charge < -0.3 is 15.3 Å². The molecule has 6 heteroatoms. The van der Waals surface area contributed by atoms with Gasteiger partial charge in [0, 0.05) is 6.54 Å². The predicted octanol–water partition coefficient (Wildman–Crippen LogP) is 2.40. The molecule has 20 heavy (non-hydrogen) atoms. The number of amides is 2. The van der Waals surface area contributed by atoms with E-state index in [0.29, 0.717) is 13.0 Å². The van der Waals surface area contributed by atoms with Crippen LogP contribution >= 0.6 is 0 Å². The molecule has 5 nitrogen and oxygen atoms in total. The molecule has 2 N–H and O–H groups in total. The van der Waals surface area contributed by atoms with Gasteiger partial charge in [0.2, 0.25) is 0 Å². The molecule has 0 spiro atoms. The number of halogens is 1. The van der Waals surface area contributed by atoms with E-state index in [0.717, 1.165) is 18.2 Å².